The zero-order valence-corrected chi connectivity index (χ0v) is 18.5. The van der Waals surface area contributed by atoms with Crippen LogP contribution in [0.25, 0.3) is 0 Å². The second kappa shape index (κ2) is 8.33. The normalized spacial score (nSPS) is 23.5. The maximum atomic E-state index is 13.5. The molecule has 3 aromatic rings. The molecular weight excluding hydrogens is 474 g/mol. The first-order valence-electron chi connectivity index (χ1n) is 10.2. The Kier molecular flexibility index (Phi) is 5.36. The predicted octanol–water partition coefficient (Wildman–Crippen LogP) is 2.20. The Morgan fingerprint density at radius 3 is 2.31 bits per heavy atom. The van der Waals surface area contributed by atoms with Crippen molar-refractivity contribution in [2.45, 2.75) is 24.7 Å². The number of fused-ring (bicyclic) bond motifs is 1. The number of aromatic nitrogens is 3. The van der Waals surface area contributed by atoms with Crippen molar-refractivity contribution in [2.24, 2.45) is 5.92 Å². The minimum absolute atomic E-state index is 0.204. The van der Waals surface area contributed by atoms with Crippen molar-refractivity contribution in [3.8, 4) is 0 Å². The second-order valence-electron chi connectivity index (χ2n) is 7.81. The van der Waals surface area contributed by atoms with E-state index >= 15 is 0 Å². The van der Waals surface area contributed by atoms with Crippen LogP contribution in [-0.2, 0) is 16.1 Å². The first kappa shape index (κ1) is 20.6. The van der Waals surface area contributed by atoms with Crippen molar-refractivity contribution in [3.05, 3.63) is 95.0 Å². The van der Waals surface area contributed by atoms with Gasteiger partial charge in [-0.15, -0.1) is 10.2 Å². The standard InChI is InChI=1S/C23H20BrN5O3/c24-17-8-6-16(7-9-17)21(30)19-11-10-18-20(29(19)27-13-25-26-14-27)23(32)28(22(18)31)12-15-4-2-1-3-5-15/h1-11,13-14,18-21,30H,12H2. The van der Waals surface area contributed by atoms with Gasteiger partial charge in [0.15, 0.2) is 0 Å². The number of aliphatic hydroxyl groups excluding tert-OH is 1. The molecule has 0 aliphatic carbocycles. The van der Waals surface area contributed by atoms with Gasteiger partial charge in [-0.3, -0.25) is 19.5 Å². The van der Waals surface area contributed by atoms with Gasteiger partial charge in [-0.05, 0) is 23.3 Å². The van der Waals surface area contributed by atoms with Crippen molar-refractivity contribution in [2.75, 3.05) is 5.01 Å². The van der Waals surface area contributed by atoms with Gasteiger partial charge in [0.2, 0.25) is 5.91 Å². The van der Waals surface area contributed by atoms with Gasteiger partial charge < -0.3 is 5.11 Å². The topological polar surface area (TPSA) is 91.6 Å². The fraction of sp³-hybridized carbons (Fsp3) is 0.217. The van der Waals surface area contributed by atoms with E-state index in [1.54, 1.807) is 21.8 Å². The lowest BCUT2D eigenvalue weighted by atomic mass is 9.90. The van der Waals surface area contributed by atoms with Gasteiger partial charge in [-0.2, -0.15) is 0 Å². The SMILES string of the molecule is O=C1C2C=CC(C(O)c3ccc(Br)cc3)N(n3cnnc3)C2C(=O)N1Cc1ccccc1. The fourth-order valence-corrected chi connectivity index (χ4v) is 4.61. The number of benzene rings is 2. The third-order valence-corrected chi connectivity index (χ3v) is 6.44. The van der Waals surface area contributed by atoms with Crippen LogP contribution in [0.4, 0.5) is 0 Å². The highest BCUT2D eigenvalue weighted by atomic mass is 79.9. The smallest absolute Gasteiger partial charge is 0.255 e. The summed E-state index contributed by atoms with van der Waals surface area (Å²) in [6.45, 7) is 0.204. The van der Waals surface area contributed by atoms with Crippen LogP contribution >= 0.6 is 15.9 Å². The van der Waals surface area contributed by atoms with Crippen molar-refractivity contribution >= 4 is 27.7 Å². The van der Waals surface area contributed by atoms with Gasteiger partial charge in [-0.1, -0.05) is 70.5 Å². The monoisotopic (exact) mass is 493 g/mol. The molecular formula is C23H20BrN5O3. The Morgan fingerprint density at radius 1 is 0.938 bits per heavy atom. The molecule has 1 fully saturated rings. The number of hydrogen-bond acceptors (Lipinski definition) is 6. The van der Waals surface area contributed by atoms with Crippen LogP contribution in [0.5, 0.6) is 0 Å². The van der Waals surface area contributed by atoms with Crippen molar-refractivity contribution in [1.82, 2.24) is 19.8 Å². The molecule has 4 atom stereocenters. The van der Waals surface area contributed by atoms with Crippen LogP contribution < -0.4 is 5.01 Å². The largest absolute Gasteiger partial charge is 0.386 e. The molecule has 0 saturated carbocycles. The van der Waals surface area contributed by atoms with Crippen LogP contribution in [0.3, 0.4) is 0 Å². The summed E-state index contributed by atoms with van der Waals surface area (Å²) in [5, 5.41) is 20.6. The number of amides is 2. The van der Waals surface area contributed by atoms with Crippen molar-refractivity contribution < 1.29 is 14.7 Å². The summed E-state index contributed by atoms with van der Waals surface area (Å²) in [4.78, 5) is 28.0. The lowest BCUT2D eigenvalue weighted by Crippen LogP contribution is -2.58. The maximum Gasteiger partial charge on any atom is 0.255 e. The lowest BCUT2D eigenvalue weighted by molar-refractivity contribution is -0.139. The minimum Gasteiger partial charge on any atom is -0.386 e. The first-order valence-corrected chi connectivity index (χ1v) is 11.0. The highest BCUT2D eigenvalue weighted by Crippen LogP contribution is 2.35. The molecule has 0 radical (unpaired) electrons. The zero-order valence-electron chi connectivity index (χ0n) is 16.9. The molecule has 4 unspecified atom stereocenters. The molecule has 5 rings (SSSR count). The highest BCUT2D eigenvalue weighted by molar-refractivity contribution is 9.10. The third kappa shape index (κ3) is 3.53. The molecule has 0 spiro atoms. The molecule has 1 aromatic heterocycles. The Balaban J connectivity index is 1.51. The summed E-state index contributed by atoms with van der Waals surface area (Å²) in [6, 6.07) is 15.4. The van der Waals surface area contributed by atoms with Crippen LogP contribution in [0, 0.1) is 5.92 Å². The van der Waals surface area contributed by atoms with Crippen molar-refractivity contribution in [3.63, 3.8) is 0 Å². The Bertz CT molecular complexity index is 1150. The van der Waals surface area contributed by atoms with E-state index in [0.717, 1.165) is 10.0 Å². The fourth-order valence-electron chi connectivity index (χ4n) is 4.35. The summed E-state index contributed by atoms with van der Waals surface area (Å²) in [5.41, 5.74) is 1.57. The number of carbonyl (C=O) groups is 2. The molecule has 162 valence electrons. The maximum absolute atomic E-state index is 13.5. The number of hydrogen-bond donors (Lipinski definition) is 1. The average Bonchev–Trinajstić information content (AvgIpc) is 3.43. The number of carbonyl (C=O) groups excluding carboxylic acids is 2. The molecule has 0 bridgehead atoms. The summed E-state index contributed by atoms with van der Waals surface area (Å²) < 4.78 is 2.47. The van der Waals surface area contributed by atoms with Gasteiger partial charge in [-0.25, -0.2) is 4.68 Å². The number of nitrogens with zero attached hydrogens (tertiary/aromatic N) is 5. The van der Waals surface area contributed by atoms with Gasteiger partial charge in [0.05, 0.1) is 18.5 Å². The zero-order chi connectivity index (χ0) is 22.2. The number of imide groups is 1. The van der Waals surface area contributed by atoms with E-state index in [2.05, 4.69) is 26.1 Å². The van der Waals surface area contributed by atoms with E-state index in [4.69, 9.17) is 0 Å². The highest BCUT2D eigenvalue weighted by Gasteiger charge is 2.53. The Labute approximate surface area is 192 Å². The molecule has 1 saturated heterocycles. The van der Waals surface area contributed by atoms with E-state index in [9.17, 15) is 14.7 Å². The van der Waals surface area contributed by atoms with Gasteiger partial charge >= 0.3 is 0 Å². The van der Waals surface area contributed by atoms with Crippen LogP contribution in [0.1, 0.15) is 17.2 Å². The molecule has 3 heterocycles. The lowest BCUT2D eigenvalue weighted by Gasteiger charge is -2.41. The Hall–Kier alpha value is -3.30. The predicted molar refractivity (Wildman–Crippen MR) is 120 cm³/mol. The average molecular weight is 494 g/mol. The van der Waals surface area contributed by atoms with E-state index in [0.29, 0.717) is 5.56 Å². The van der Waals surface area contributed by atoms with Gasteiger partial charge in [0.1, 0.15) is 24.8 Å². The molecule has 2 aliphatic heterocycles. The van der Waals surface area contributed by atoms with Crippen LogP contribution in [-0.4, -0.2) is 48.8 Å². The quantitative estimate of drug-likeness (QED) is 0.432. The summed E-state index contributed by atoms with van der Waals surface area (Å²) in [5.74, 6) is -1.22. The Morgan fingerprint density at radius 2 is 1.62 bits per heavy atom. The number of halogens is 1. The van der Waals surface area contributed by atoms with Crippen LogP contribution in [0.2, 0.25) is 0 Å². The van der Waals surface area contributed by atoms with Crippen molar-refractivity contribution in [1.29, 1.82) is 0 Å². The summed E-state index contributed by atoms with van der Waals surface area (Å²) in [6.07, 6.45) is 5.52. The second-order valence-corrected chi connectivity index (χ2v) is 8.73. The molecule has 8 nitrogen and oxygen atoms in total. The van der Waals surface area contributed by atoms with E-state index < -0.39 is 24.1 Å². The molecule has 32 heavy (non-hydrogen) atoms. The first-order chi connectivity index (χ1) is 15.5. The van der Waals surface area contributed by atoms with Crippen LogP contribution in [0.15, 0.2) is 83.9 Å². The molecule has 2 aliphatic rings. The number of rotatable bonds is 5. The number of aliphatic hydroxyl groups is 1. The molecule has 1 N–H and O–H groups in total. The molecule has 2 aromatic carbocycles. The van der Waals surface area contributed by atoms with E-state index in [1.807, 2.05) is 54.6 Å². The van der Waals surface area contributed by atoms with E-state index in [-0.39, 0.29) is 18.4 Å². The summed E-state index contributed by atoms with van der Waals surface area (Å²) in [7, 11) is 0. The molecule has 9 heteroatoms. The van der Waals surface area contributed by atoms with Gasteiger partial charge in [0, 0.05) is 4.47 Å². The number of likely N-dealkylation sites (tertiary alicyclic amines) is 1. The third-order valence-electron chi connectivity index (χ3n) is 5.91. The molecule has 2 amide bonds. The summed E-state index contributed by atoms with van der Waals surface area (Å²) >= 11 is 3.40. The minimum atomic E-state index is -0.936. The van der Waals surface area contributed by atoms with E-state index in [1.165, 1.54) is 17.6 Å². The van der Waals surface area contributed by atoms with Gasteiger partial charge in [0.25, 0.3) is 5.91 Å².